The van der Waals surface area contributed by atoms with Crippen molar-refractivity contribution in [1.82, 2.24) is 36.4 Å². The summed E-state index contributed by atoms with van der Waals surface area (Å²) in [6, 6.07) is -2.23. The first-order valence-corrected chi connectivity index (χ1v) is 22.4. The molecule has 0 saturated carbocycles. The number of carboxylic acid groups (broad SMARTS) is 3. The summed E-state index contributed by atoms with van der Waals surface area (Å²) in [6.07, 6.45) is -1.17. The van der Waals surface area contributed by atoms with E-state index in [1.807, 2.05) is 0 Å². The molecule has 0 bridgehead atoms. The minimum absolute atomic E-state index is 0.0326. The highest BCUT2D eigenvalue weighted by Gasteiger charge is 2.42. The van der Waals surface area contributed by atoms with Crippen molar-refractivity contribution in [2.24, 2.45) is 23.3 Å². The summed E-state index contributed by atoms with van der Waals surface area (Å²) in [5.74, 6) is -11.3. The van der Waals surface area contributed by atoms with Crippen LogP contribution in [-0.4, -0.2) is 152 Å². The minimum Gasteiger partial charge on any atom is -0.481 e. The van der Waals surface area contributed by atoms with Crippen LogP contribution in [0.1, 0.15) is 97.5 Å². The Kier molecular flexibility index (Phi) is 21.1. The molecule has 8 atom stereocenters. The molecule has 0 aliphatic carbocycles. The van der Waals surface area contributed by atoms with Gasteiger partial charge in [-0.05, 0) is 62.3 Å². The van der Waals surface area contributed by atoms with Crippen LogP contribution < -0.4 is 38.1 Å². The van der Waals surface area contributed by atoms with Crippen molar-refractivity contribution < 1.29 is 68.1 Å². The van der Waals surface area contributed by atoms with Crippen molar-refractivity contribution in [2.75, 3.05) is 13.1 Å². The minimum atomic E-state index is -1.68. The van der Waals surface area contributed by atoms with Gasteiger partial charge in [0.15, 0.2) is 0 Å². The van der Waals surface area contributed by atoms with Crippen molar-refractivity contribution in [3.05, 3.63) is 35.9 Å². The Labute approximate surface area is 387 Å². The Morgan fingerprint density at radius 2 is 1.18 bits per heavy atom. The summed E-state index contributed by atoms with van der Waals surface area (Å²) in [6.45, 7) is 6.95. The van der Waals surface area contributed by atoms with Crippen molar-refractivity contribution >= 4 is 65.2 Å². The predicted octanol–water partition coefficient (Wildman–Crippen LogP) is -1.65. The van der Waals surface area contributed by atoms with E-state index in [4.69, 9.17) is 11.5 Å². The summed E-state index contributed by atoms with van der Waals surface area (Å²) >= 11 is 0. The molecule has 2 heterocycles. The highest BCUT2D eigenvalue weighted by Crippen LogP contribution is 2.23. The fourth-order valence-electron chi connectivity index (χ4n) is 7.95. The van der Waals surface area contributed by atoms with Gasteiger partial charge in [0.2, 0.25) is 47.3 Å². The summed E-state index contributed by atoms with van der Waals surface area (Å²) in [5, 5.41) is 41.4. The smallest absolute Gasteiger partial charge is 0.326 e. The molecule has 3 rings (SSSR count). The van der Waals surface area contributed by atoms with E-state index in [9.17, 15) is 68.1 Å². The Morgan fingerprint density at radius 1 is 0.642 bits per heavy atom. The monoisotopic (exact) mass is 943 g/mol. The topological polar surface area (TPSA) is 367 Å². The second-order valence-corrected chi connectivity index (χ2v) is 17.7. The number of aliphatic carboxylic acids is 3. The van der Waals surface area contributed by atoms with Crippen LogP contribution in [0.5, 0.6) is 0 Å². The lowest BCUT2D eigenvalue weighted by Crippen LogP contribution is -2.61. The Morgan fingerprint density at radius 3 is 1.73 bits per heavy atom. The van der Waals surface area contributed by atoms with E-state index in [1.54, 1.807) is 58.0 Å². The number of carbonyl (C=O) groups is 11. The number of carboxylic acids is 3. The molecule has 12 N–H and O–H groups in total. The van der Waals surface area contributed by atoms with Crippen LogP contribution in [0.15, 0.2) is 30.3 Å². The van der Waals surface area contributed by atoms with Gasteiger partial charge in [-0.15, -0.1) is 0 Å². The van der Waals surface area contributed by atoms with Gasteiger partial charge in [-0.1, -0.05) is 58.0 Å². The standard InChI is InChI=1S/C44H65N9O14/c1-23(2)20-29(49-38(60)27(15-17-34(55)56)47-37(59)26(45)14-16-33(46)54)42(64)52-18-8-12-31(52)40(62)51-36(24(3)4)41(63)48-28(21-25-10-6-5-7-11-25)39(61)50-30(22-35(57)58)43(65)53-19-9-13-32(53)44(66)67/h5-7,10-11,23-24,26-32,36H,8-9,12-22,45H2,1-4H3,(H2,46,54)(H,47,59)(H,48,63)(H,49,60)(H,50,61)(H,51,62)(H,55,56)(H,57,58)(H,66,67)/t26-,27-,28-,29-,30-,31-,32-,36-/m0/s1. The van der Waals surface area contributed by atoms with E-state index in [0.717, 1.165) is 4.90 Å². The lowest BCUT2D eigenvalue weighted by Gasteiger charge is -2.32. The molecule has 2 saturated heterocycles. The molecule has 8 amide bonds. The van der Waals surface area contributed by atoms with Crippen LogP contribution >= 0.6 is 0 Å². The Hall–Kier alpha value is -6.65. The molecule has 370 valence electrons. The van der Waals surface area contributed by atoms with Gasteiger partial charge in [0.1, 0.15) is 42.3 Å². The van der Waals surface area contributed by atoms with Crippen molar-refractivity contribution in [2.45, 2.75) is 147 Å². The zero-order chi connectivity index (χ0) is 50.1. The van der Waals surface area contributed by atoms with Crippen LogP contribution in [0.3, 0.4) is 0 Å². The average Bonchev–Trinajstić information content (AvgIpc) is 3.96. The molecule has 0 spiro atoms. The lowest BCUT2D eigenvalue weighted by molar-refractivity contribution is -0.150. The van der Waals surface area contributed by atoms with Gasteiger partial charge in [0, 0.05) is 32.4 Å². The molecule has 0 radical (unpaired) electrons. The summed E-state index contributed by atoms with van der Waals surface area (Å²) in [4.78, 5) is 145. The highest BCUT2D eigenvalue weighted by atomic mass is 16.4. The van der Waals surface area contributed by atoms with Crippen LogP contribution in [0.25, 0.3) is 0 Å². The number of carbonyl (C=O) groups excluding carboxylic acids is 8. The predicted molar refractivity (Wildman–Crippen MR) is 237 cm³/mol. The van der Waals surface area contributed by atoms with Gasteiger partial charge in [-0.2, -0.15) is 0 Å². The summed E-state index contributed by atoms with van der Waals surface area (Å²) < 4.78 is 0. The van der Waals surface area contributed by atoms with Gasteiger partial charge in [-0.3, -0.25) is 47.9 Å². The highest BCUT2D eigenvalue weighted by molar-refractivity contribution is 5.98. The third-order valence-electron chi connectivity index (χ3n) is 11.5. The maximum atomic E-state index is 14.3. The second-order valence-electron chi connectivity index (χ2n) is 17.7. The molecular formula is C44H65N9O14. The summed E-state index contributed by atoms with van der Waals surface area (Å²) in [5.41, 5.74) is 11.6. The quantitative estimate of drug-likeness (QED) is 0.0498. The van der Waals surface area contributed by atoms with E-state index in [1.165, 1.54) is 4.90 Å². The zero-order valence-electron chi connectivity index (χ0n) is 38.2. The number of nitrogens with zero attached hydrogens (tertiary/aromatic N) is 2. The SMILES string of the molecule is CC(C)C[C@H](NC(=O)[C@H](CCC(=O)O)NC(=O)[C@@H](N)CCC(N)=O)C(=O)N1CCC[C@H]1C(=O)N[C@H](C(=O)N[C@@H](Cc1ccccc1)C(=O)N[C@@H](CC(=O)O)C(=O)N1CCC[C@H]1C(=O)O)C(C)C. The number of amides is 8. The fourth-order valence-corrected chi connectivity index (χ4v) is 7.95. The third-order valence-corrected chi connectivity index (χ3v) is 11.5. The van der Waals surface area contributed by atoms with Crippen LogP contribution in [0.2, 0.25) is 0 Å². The normalized spacial score (nSPS) is 18.4. The van der Waals surface area contributed by atoms with Crippen LogP contribution in [-0.2, 0) is 59.2 Å². The van der Waals surface area contributed by atoms with E-state index in [-0.39, 0.29) is 64.0 Å². The first-order valence-electron chi connectivity index (χ1n) is 22.4. The lowest BCUT2D eigenvalue weighted by atomic mass is 9.99. The molecule has 23 heteroatoms. The number of likely N-dealkylation sites (tertiary alicyclic amines) is 2. The Bertz CT molecular complexity index is 1980. The third kappa shape index (κ3) is 16.9. The van der Waals surface area contributed by atoms with Crippen molar-refractivity contribution in [3.63, 3.8) is 0 Å². The molecule has 2 fully saturated rings. The average molecular weight is 944 g/mol. The number of rotatable bonds is 26. The maximum absolute atomic E-state index is 14.3. The van der Waals surface area contributed by atoms with Crippen LogP contribution in [0, 0.1) is 11.8 Å². The second kappa shape index (κ2) is 25.9. The molecule has 67 heavy (non-hydrogen) atoms. The van der Waals surface area contributed by atoms with Gasteiger partial charge in [-0.25, -0.2) is 4.79 Å². The van der Waals surface area contributed by atoms with Crippen molar-refractivity contribution in [1.29, 1.82) is 0 Å². The number of primary amides is 1. The molecular weight excluding hydrogens is 879 g/mol. The van der Waals surface area contributed by atoms with Gasteiger partial charge in [0.05, 0.1) is 12.5 Å². The van der Waals surface area contributed by atoms with Crippen LogP contribution in [0.4, 0.5) is 0 Å². The largest absolute Gasteiger partial charge is 0.481 e. The zero-order valence-corrected chi connectivity index (χ0v) is 38.2. The Balaban J connectivity index is 1.83. The molecule has 0 unspecified atom stereocenters. The molecule has 2 aliphatic heterocycles. The van der Waals surface area contributed by atoms with Gasteiger partial charge in [0.25, 0.3) is 0 Å². The molecule has 1 aromatic carbocycles. The van der Waals surface area contributed by atoms with E-state index in [2.05, 4.69) is 26.6 Å². The number of nitrogens with two attached hydrogens (primary N) is 2. The van der Waals surface area contributed by atoms with E-state index in [0.29, 0.717) is 18.4 Å². The number of nitrogens with one attached hydrogen (secondary N) is 5. The van der Waals surface area contributed by atoms with Gasteiger partial charge >= 0.3 is 17.9 Å². The first kappa shape index (κ1) is 54.7. The van der Waals surface area contributed by atoms with Gasteiger partial charge < -0.3 is 63.2 Å². The van der Waals surface area contributed by atoms with E-state index < -0.39 is 132 Å². The number of hydrogen-bond acceptors (Lipinski definition) is 12. The number of benzene rings is 1. The summed E-state index contributed by atoms with van der Waals surface area (Å²) in [7, 11) is 0. The number of hydrogen-bond donors (Lipinski definition) is 10. The maximum Gasteiger partial charge on any atom is 0.326 e. The van der Waals surface area contributed by atoms with E-state index >= 15 is 0 Å². The fraction of sp³-hybridized carbons (Fsp3) is 0.614. The molecule has 1 aromatic rings. The first-order chi connectivity index (χ1) is 31.5. The molecule has 23 nitrogen and oxygen atoms in total. The molecule has 2 aliphatic rings. The van der Waals surface area contributed by atoms with Crippen molar-refractivity contribution in [3.8, 4) is 0 Å². The molecule has 0 aromatic heterocycles.